The standard InChI is InChI=1S/C21H18F3N3O2/c1-12(9-18(28)17-10-20(29)27-13(2)26-17)14-3-5-15(6-4-14)16-7-8-19(25-11-16)21(22,23)24/h3-8,10-12H,9H2,1-2H3,(H,26,27,29)/t12-/m0/s1. The van der Waals surface area contributed by atoms with Gasteiger partial charge in [-0.3, -0.25) is 14.6 Å². The summed E-state index contributed by atoms with van der Waals surface area (Å²) in [5.74, 6) is 0.0226. The number of hydrogen-bond donors (Lipinski definition) is 1. The van der Waals surface area contributed by atoms with Gasteiger partial charge in [0.15, 0.2) is 5.78 Å². The Morgan fingerprint density at radius 1 is 1.10 bits per heavy atom. The zero-order valence-electron chi connectivity index (χ0n) is 15.7. The van der Waals surface area contributed by atoms with Gasteiger partial charge >= 0.3 is 6.18 Å². The van der Waals surface area contributed by atoms with Crippen LogP contribution in [0.1, 0.15) is 46.8 Å². The van der Waals surface area contributed by atoms with Crippen molar-refractivity contribution in [1.82, 2.24) is 15.0 Å². The lowest BCUT2D eigenvalue weighted by Gasteiger charge is -2.12. The number of ketones is 1. The van der Waals surface area contributed by atoms with E-state index in [-0.39, 0.29) is 29.4 Å². The average Bonchev–Trinajstić information content (AvgIpc) is 2.66. The quantitative estimate of drug-likeness (QED) is 0.637. The van der Waals surface area contributed by atoms with Gasteiger partial charge in [0, 0.05) is 24.2 Å². The van der Waals surface area contributed by atoms with Crippen LogP contribution in [-0.4, -0.2) is 20.7 Å². The monoisotopic (exact) mass is 401 g/mol. The van der Waals surface area contributed by atoms with Crippen molar-refractivity contribution in [1.29, 1.82) is 0 Å². The topological polar surface area (TPSA) is 75.7 Å². The Hall–Kier alpha value is -3.29. The lowest BCUT2D eigenvalue weighted by Crippen LogP contribution is -2.15. The first-order valence-electron chi connectivity index (χ1n) is 8.88. The molecule has 150 valence electrons. The molecule has 0 spiro atoms. The summed E-state index contributed by atoms with van der Waals surface area (Å²) in [6.07, 6.45) is -3.11. The molecule has 5 nitrogen and oxygen atoms in total. The first-order chi connectivity index (χ1) is 13.6. The number of nitrogens with zero attached hydrogens (tertiary/aromatic N) is 2. The first kappa shape index (κ1) is 20.4. The Morgan fingerprint density at radius 3 is 2.31 bits per heavy atom. The number of Topliss-reactive ketones (excluding diaryl/α,β-unsaturated/α-hetero) is 1. The molecule has 0 fully saturated rings. The van der Waals surface area contributed by atoms with Gasteiger partial charge in [0.2, 0.25) is 0 Å². The fraction of sp³-hybridized carbons (Fsp3) is 0.238. The number of H-pyrrole nitrogens is 1. The van der Waals surface area contributed by atoms with Gasteiger partial charge in [-0.25, -0.2) is 4.98 Å². The maximum absolute atomic E-state index is 12.6. The number of rotatable bonds is 5. The molecule has 1 aromatic carbocycles. The van der Waals surface area contributed by atoms with Crippen LogP contribution in [0.5, 0.6) is 0 Å². The molecule has 0 saturated carbocycles. The number of carbonyl (C=O) groups is 1. The molecule has 0 saturated heterocycles. The maximum Gasteiger partial charge on any atom is 0.433 e. The minimum absolute atomic E-state index is 0.122. The van der Waals surface area contributed by atoms with E-state index < -0.39 is 11.9 Å². The fourth-order valence-electron chi connectivity index (χ4n) is 2.96. The number of benzene rings is 1. The van der Waals surface area contributed by atoms with Crippen molar-refractivity contribution in [3.05, 3.63) is 81.8 Å². The van der Waals surface area contributed by atoms with E-state index in [4.69, 9.17) is 0 Å². The number of nitrogens with one attached hydrogen (secondary N) is 1. The summed E-state index contributed by atoms with van der Waals surface area (Å²) < 4.78 is 37.9. The average molecular weight is 401 g/mol. The lowest BCUT2D eigenvalue weighted by molar-refractivity contribution is -0.141. The van der Waals surface area contributed by atoms with Crippen molar-refractivity contribution in [2.24, 2.45) is 0 Å². The number of pyridine rings is 1. The van der Waals surface area contributed by atoms with Gasteiger partial charge in [-0.05, 0) is 30.0 Å². The van der Waals surface area contributed by atoms with E-state index in [2.05, 4.69) is 15.0 Å². The zero-order chi connectivity index (χ0) is 21.2. The molecule has 0 amide bonds. The van der Waals surface area contributed by atoms with Crippen LogP contribution in [0.4, 0.5) is 13.2 Å². The predicted octanol–water partition coefficient (Wildman–Crippen LogP) is 4.54. The van der Waals surface area contributed by atoms with E-state index in [1.165, 1.54) is 18.3 Å². The van der Waals surface area contributed by atoms with Crippen LogP contribution in [0.15, 0.2) is 53.5 Å². The molecule has 0 bridgehead atoms. The van der Waals surface area contributed by atoms with Gasteiger partial charge in [0.25, 0.3) is 5.56 Å². The summed E-state index contributed by atoms with van der Waals surface area (Å²) in [4.78, 5) is 34.0. The highest BCUT2D eigenvalue weighted by Gasteiger charge is 2.32. The molecule has 0 radical (unpaired) electrons. The Kier molecular flexibility index (Phi) is 5.63. The molecule has 0 unspecified atom stereocenters. The van der Waals surface area contributed by atoms with Crippen molar-refractivity contribution in [2.75, 3.05) is 0 Å². The smallest absolute Gasteiger partial charge is 0.311 e. The number of carbonyl (C=O) groups excluding carboxylic acids is 1. The summed E-state index contributed by atoms with van der Waals surface area (Å²) in [6.45, 7) is 3.49. The van der Waals surface area contributed by atoms with Crippen LogP contribution in [-0.2, 0) is 6.18 Å². The highest BCUT2D eigenvalue weighted by molar-refractivity contribution is 5.94. The second kappa shape index (κ2) is 7.98. The molecule has 0 aliphatic carbocycles. The Morgan fingerprint density at radius 2 is 1.76 bits per heavy atom. The molecule has 8 heteroatoms. The molecule has 1 atom stereocenters. The Bertz CT molecular complexity index is 1070. The van der Waals surface area contributed by atoms with Crippen molar-refractivity contribution < 1.29 is 18.0 Å². The summed E-state index contributed by atoms with van der Waals surface area (Å²) in [5, 5.41) is 0. The summed E-state index contributed by atoms with van der Waals surface area (Å²) in [7, 11) is 0. The molecule has 0 aliphatic heterocycles. The van der Waals surface area contributed by atoms with E-state index in [9.17, 15) is 22.8 Å². The van der Waals surface area contributed by atoms with Crippen molar-refractivity contribution in [3.63, 3.8) is 0 Å². The summed E-state index contributed by atoms with van der Waals surface area (Å²) in [5.41, 5.74) is 1.00. The Balaban J connectivity index is 1.72. The minimum Gasteiger partial charge on any atom is -0.311 e. The normalized spacial score (nSPS) is 12.6. The van der Waals surface area contributed by atoms with Crippen molar-refractivity contribution in [2.45, 2.75) is 32.4 Å². The largest absolute Gasteiger partial charge is 0.433 e. The molecular formula is C21H18F3N3O2. The molecule has 29 heavy (non-hydrogen) atoms. The van der Waals surface area contributed by atoms with Gasteiger partial charge in [-0.15, -0.1) is 0 Å². The van der Waals surface area contributed by atoms with Crippen LogP contribution < -0.4 is 5.56 Å². The number of hydrogen-bond acceptors (Lipinski definition) is 4. The number of aryl methyl sites for hydroxylation is 1. The third kappa shape index (κ3) is 4.96. The SMILES string of the molecule is Cc1nc(C(=O)C[C@H](C)c2ccc(-c3ccc(C(F)(F)F)nc3)cc2)cc(=O)[nH]1. The van der Waals surface area contributed by atoms with Crippen LogP contribution in [0.25, 0.3) is 11.1 Å². The van der Waals surface area contributed by atoms with Gasteiger partial charge in [-0.1, -0.05) is 37.3 Å². The molecular weight excluding hydrogens is 383 g/mol. The Labute approximate surface area is 164 Å². The van der Waals surface area contributed by atoms with Crippen LogP contribution >= 0.6 is 0 Å². The third-order valence-electron chi connectivity index (χ3n) is 4.50. The van der Waals surface area contributed by atoms with Gasteiger partial charge in [-0.2, -0.15) is 13.2 Å². The number of alkyl halides is 3. The van der Waals surface area contributed by atoms with E-state index in [1.807, 2.05) is 19.1 Å². The summed E-state index contributed by atoms with van der Waals surface area (Å²) in [6, 6.07) is 10.7. The number of aromatic nitrogens is 3. The van der Waals surface area contributed by atoms with E-state index in [0.717, 1.165) is 17.2 Å². The lowest BCUT2D eigenvalue weighted by atomic mass is 9.93. The van der Waals surface area contributed by atoms with Crippen LogP contribution in [0.3, 0.4) is 0 Å². The second-order valence-electron chi connectivity index (χ2n) is 6.80. The minimum atomic E-state index is -4.47. The fourth-order valence-corrected chi connectivity index (χ4v) is 2.96. The third-order valence-corrected chi connectivity index (χ3v) is 4.50. The molecule has 1 N–H and O–H groups in total. The van der Waals surface area contributed by atoms with E-state index in [1.54, 1.807) is 19.1 Å². The highest BCUT2D eigenvalue weighted by Crippen LogP contribution is 2.29. The highest BCUT2D eigenvalue weighted by atomic mass is 19.4. The molecule has 2 aromatic heterocycles. The molecule has 3 rings (SSSR count). The maximum atomic E-state index is 12.6. The predicted molar refractivity (Wildman–Crippen MR) is 102 cm³/mol. The molecule has 3 aromatic rings. The van der Waals surface area contributed by atoms with Gasteiger partial charge in [0.05, 0.1) is 0 Å². The van der Waals surface area contributed by atoms with Crippen LogP contribution in [0.2, 0.25) is 0 Å². The zero-order valence-corrected chi connectivity index (χ0v) is 15.7. The summed E-state index contributed by atoms with van der Waals surface area (Å²) >= 11 is 0. The van der Waals surface area contributed by atoms with Crippen LogP contribution in [0, 0.1) is 6.92 Å². The van der Waals surface area contributed by atoms with Crippen molar-refractivity contribution in [3.8, 4) is 11.1 Å². The van der Waals surface area contributed by atoms with E-state index in [0.29, 0.717) is 11.4 Å². The number of halogens is 3. The second-order valence-corrected chi connectivity index (χ2v) is 6.80. The number of aromatic amines is 1. The van der Waals surface area contributed by atoms with Gasteiger partial charge < -0.3 is 4.98 Å². The van der Waals surface area contributed by atoms with Crippen molar-refractivity contribution >= 4 is 5.78 Å². The van der Waals surface area contributed by atoms with Gasteiger partial charge in [0.1, 0.15) is 17.2 Å². The molecule has 2 heterocycles. The first-order valence-corrected chi connectivity index (χ1v) is 8.88. The van der Waals surface area contributed by atoms with E-state index >= 15 is 0 Å². The molecule has 0 aliphatic rings.